The maximum absolute atomic E-state index is 12.5. The summed E-state index contributed by atoms with van der Waals surface area (Å²) in [6.07, 6.45) is 1.49. The molecule has 10 heteroatoms. The topological polar surface area (TPSA) is 82.6 Å². The van der Waals surface area contributed by atoms with Gasteiger partial charge in [0.1, 0.15) is 16.4 Å². The third-order valence-electron chi connectivity index (χ3n) is 4.25. The summed E-state index contributed by atoms with van der Waals surface area (Å²) in [6.45, 7) is 0. The Bertz CT molecular complexity index is 1060. The van der Waals surface area contributed by atoms with E-state index >= 15 is 0 Å². The number of nitrogens with one attached hydrogen (secondary N) is 1. The predicted molar refractivity (Wildman–Crippen MR) is 128 cm³/mol. The lowest BCUT2D eigenvalue weighted by Crippen LogP contribution is -2.14. The van der Waals surface area contributed by atoms with Crippen molar-refractivity contribution in [3.63, 3.8) is 0 Å². The highest BCUT2D eigenvalue weighted by Gasteiger charge is 2.15. The Morgan fingerprint density at radius 2 is 1.62 bits per heavy atom. The Hall–Kier alpha value is -2.62. The molecule has 0 saturated heterocycles. The minimum absolute atomic E-state index is 0.183. The van der Waals surface area contributed by atoms with Gasteiger partial charge in [-0.05, 0) is 11.6 Å². The quantitative estimate of drug-likeness (QED) is 0.307. The van der Waals surface area contributed by atoms with Crippen LogP contribution in [-0.2, 0) is 10.5 Å². The summed E-state index contributed by atoms with van der Waals surface area (Å²) in [5.74, 6) is 2.08. The van der Waals surface area contributed by atoms with Crippen molar-refractivity contribution >= 4 is 46.7 Å². The van der Waals surface area contributed by atoms with Crippen molar-refractivity contribution in [2.45, 2.75) is 15.8 Å². The van der Waals surface area contributed by atoms with Crippen molar-refractivity contribution in [3.05, 3.63) is 59.4 Å². The second-order valence-corrected chi connectivity index (χ2v) is 8.72. The van der Waals surface area contributed by atoms with Crippen LogP contribution >= 0.6 is 35.1 Å². The van der Waals surface area contributed by atoms with Crippen molar-refractivity contribution in [1.29, 1.82) is 0 Å². The number of amides is 1. The molecule has 3 aromatic rings. The number of carbonyl (C=O) groups excluding carboxylic acids is 1. The van der Waals surface area contributed by atoms with Gasteiger partial charge in [-0.3, -0.25) is 4.79 Å². The van der Waals surface area contributed by atoms with Crippen molar-refractivity contribution in [2.75, 3.05) is 32.4 Å². The fourth-order valence-electron chi connectivity index (χ4n) is 2.74. The lowest BCUT2D eigenvalue weighted by Gasteiger charge is -2.14. The lowest BCUT2D eigenvalue weighted by atomic mass is 10.2. The largest absolute Gasteiger partial charge is 0.493 e. The molecule has 0 unspecified atom stereocenters. The number of rotatable bonds is 10. The minimum Gasteiger partial charge on any atom is -0.493 e. The van der Waals surface area contributed by atoms with E-state index < -0.39 is 0 Å². The standard InChI is InChI=1S/C22H22ClN3O4S2/c1-28-17-8-15(9-18(29-2)22(17)30-3)26-19(27)12-32-21-10-20(24-13-25-21)31-11-14-6-4-5-7-16(14)23/h4-10,13H,11-12H2,1-3H3,(H,26,27). The van der Waals surface area contributed by atoms with Crippen molar-refractivity contribution in [1.82, 2.24) is 9.97 Å². The number of aromatic nitrogens is 2. The van der Waals surface area contributed by atoms with Crippen LogP contribution in [0.3, 0.4) is 0 Å². The lowest BCUT2D eigenvalue weighted by molar-refractivity contribution is -0.113. The Labute approximate surface area is 200 Å². The van der Waals surface area contributed by atoms with E-state index in [4.69, 9.17) is 25.8 Å². The number of anilines is 1. The molecule has 168 valence electrons. The van der Waals surface area contributed by atoms with Gasteiger partial charge in [0.25, 0.3) is 0 Å². The highest BCUT2D eigenvalue weighted by molar-refractivity contribution is 8.00. The number of ether oxygens (including phenoxy) is 3. The zero-order valence-corrected chi connectivity index (χ0v) is 20.1. The summed E-state index contributed by atoms with van der Waals surface area (Å²) in [6, 6.07) is 12.9. The van der Waals surface area contributed by atoms with E-state index in [-0.39, 0.29) is 11.7 Å². The summed E-state index contributed by atoms with van der Waals surface area (Å²) in [5, 5.41) is 5.09. The van der Waals surface area contributed by atoms with Gasteiger partial charge < -0.3 is 19.5 Å². The van der Waals surface area contributed by atoms with Gasteiger partial charge in [0.15, 0.2) is 11.5 Å². The summed E-state index contributed by atoms with van der Waals surface area (Å²) in [7, 11) is 4.57. The van der Waals surface area contributed by atoms with Crippen LogP contribution in [0.4, 0.5) is 5.69 Å². The van der Waals surface area contributed by atoms with E-state index in [2.05, 4.69) is 15.3 Å². The molecule has 1 heterocycles. The Morgan fingerprint density at radius 1 is 0.969 bits per heavy atom. The average Bonchev–Trinajstić information content (AvgIpc) is 2.81. The van der Waals surface area contributed by atoms with E-state index in [1.54, 1.807) is 23.9 Å². The fourth-order valence-corrected chi connectivity index (χ4v) is 4.63. The van der Waals surface area contributed by atoms with Crippen LogP contribution in [0.2, 0.25) is 5.02 Å². The van der Waals surface area contributed by atoms with Gasteiger partial charge in [-0.1, -0.05) is 41.6 Å². The number of thioether (sulfide) groups is 2. The van der Waals surface area contributed by atoms with Crippen molar-refractivity contribution in [3.8, 4) is 17.2 Å². The molecule has 1 N–H and O–H groups in total. The van der Waals surface area contributed by atoms with Crippen LogP contribution in [0.5, 0.6) is 17.2 Å². The number of nitrogens with zero attached hydrogens (tertiary/aromatic N) is 2. The van der Waals surface area contributed by atoms with E-state index in [0.717, 1.165) is 15.6 Å². The van der Waals surface area contributed by atoms with Crippen LogP contribution in [0, 0.1) is 0 Å². The van der Waals surface area contributed by atoms with Gasteiger partial charge in [-0.2, -0.15) is 0 Å². The molecular formula is C22H22ClN3O4S2. The number of halogens is 1. The second-order valence-electron chi connectivity index (χ2n) is 6.33. The molecule has 0 aliphatic carbocycles. The van der Waals surface area contributed by atoms with Gasteiger partial charge in [-0.15, -0.1) is 11.8 Å². The van der Waals surface area contributed by atoms with Gasteiger partial charge in [0.05, 0.1) is 27.1 Å². The zero-order chi connectivity index (χ0) is 22.9. The van der Waals surface area contributed by atoms with Gasteiger partial charge in [0, 0.05) is 34.7 Å². The molecule has 0 saturated carbocycles. The molecule has 0 bridgehead atoms. The molecule has 7 nitrogen and oxygen atoms in total. The Kier molecular flexibility index (Phi) is 8.90. The molecule has 0 aliphatic rings. The third kappa shape index (κ3) is 6.44. The summed E-state index contributed by atoms with van der Waals surface area (Å²) in [5.41, 5.74) is 1.58. The number of carbonyl (C=O) groups is 1. The Balaban J connectivity index is 1.58. The second kappa shape index (κ2) is 11.8. The maximum atomic E-state index is 12.5. The normalized spacial score (nSPS) is 10.5. The minimum atomic E-state index is -0.187. The summed E-state index contributed by atoms with van der Waals surface area (Å²) in [4.78, 5) is 21.0. The van der Waals surface area contributed by atoms with Crippen LogP contribution in [0.15, 0.2) is 58.8 Å². The molecule has 0 radical (unpaired) electrons. The van der Waals surface area contributed by atoms with Crippen LogP contribution in [0.25, 0.3) is 0 Å². The number of hydrogen-bond acceptors (Lipinski definition) is 8. The highest BCUT2D eigenvalue weighted by atomic mass is 35.5. The molecule has 1 amide bonds. The van der Waals surface area contributed by atoms with Crippen LogP contribution in [0.1, 0.15) is 5.56 Å². The SMILES string of the molecule is COc1cc(NC(=O)CSc2cc(SCc3ccccc3Cl)ncn2)cc(OC)c1OC. The first-order valence-corrected chi connectivity index (χ1v) is 11.8. The monoisotopic (exact) mass is 491 g/mol. The summed E-state index contributed by atoms with van der Waals surface area (Å²) < 4.78 is 15.9. The van der Waals surface area contributed by atoms with Gasteiger partial charge >= 0.3 is 0 Å². The molecule has 2 aromatic carbocycles. The highest BCUT2D eigenvalue weighted by Crippen LogP contribution is 2.40. The first kappa shape index (κ1) is 24.0. The third-order valence-corrected chi connectivity index (χ3v) is 6.52. The maximum Gasteiger partial charge on any atom is 0.234 e. The van der Waals surface area contributed by atoms with Gasteiger partial charge in [-0.25, -0.2) is 9.97 Å². The van der Waals surface area contributed by atoms with Crippen LogP contribution < -0.4 is 19.5 Å². The first-order valence-electron chi connectivity index (χ1n) is 9.45. The van der Waals surface area contributed by atoms with Crippen molar-refractivity contribution in [2.24, 2.45) is 0 Å². The van der Waals surface area contributed by atoms with Gasteiger partial charge in [0.2, 0.25) is 11.7 Å². The molecule has 1 aromatic heterocycles. The van der Waals surface area contributed by atoms with E-state index in [1.807, 2.05) is 30.3 Å². The Morgan fingerprint density at radius 3 is 2.25 bits per heavy atom. The predicted octanol–water partition coefficient (Wildman–Crippen LogP) is 5.18. The molecular weight excluding hydrogens is 470 g/mol. The summed E-state index contributed by atoms with van der Waals surface area (Å²) >= 11 is 9.10. The molecule has 0 aliphatic heterocycles. The number of methoxy groups -OCH3 is 3. The average molecular weight is 492 g/mol. The molecule has 32 heavy (non-hydrogen) atoms. The van der Waals surface area contributed by atoms with E-state index in [0.29, 0.717) is 33.7 Å². The van der Waals surface area contributed by atoms with Crippen LogP contribution in [-0.4, -0.2) is 43.0 Å². The van der Waals surface area contributed by atoms with E-state index in [1.165, 1.54) is 39.4 Å². The fraction of sp³-hybridized carbons (Fsp3) is 0.227. The first-order chi connectivity index (χ1) is 15.5. The molecule has 3 rings (SSSR count). The number of benzene rings is 2. The molecule has 0 atom stereocenters. The zero-order valence-electron chi connectivity index (χ0n) is 17.8. The smallest absolute Gasteiger partial charge is 0.234 e. The van der Waals surface area contributed by atoms with Crippen molar-refractivity contribution < 1.29 is 19.0 Å². The molecule has 0 fully saturated rings. The number of hydrogen-bond donors (Lipinski definition) is 1. The van der Waals surface area contributed by atoms with E-state index in [9.17, 15) is 4.79 Å². The molecule has 0 spiro atoms.